The summed E-state index contributed by atoms with van der Waals surface area (Å²) >= 11 is 0. The monoisotopic (exact) mass is 198 g/mol. The minimum Gasteiger partial charge on any atom is -0.392 e. The molecule has 0 aromatic rings. The first kappa shape index (κ1) is 13.4. The Kier molecular flexibility index (Phi) is 6.50. The molecule has 1 atom stereocenters. The normalized spacial score (nSPS) is 14.6. The topological polar surface area (TPSA) is 40.5 Å². The molecule has 0 radical (unpaired) electrons. The van der Waals surface area contributed by atoms with Crippen molar-refractivity contribution in [1.29, 1.82) is 0 Å². The van der Waals surface area contributed by atoms with Crippen LogP contribution in [0.25, 0.3) is 0 Å². The Labute approximate surface area is 87.0 Å². The third-order valence-corrected chi connectivity index (χ3v) is 2.20. The summed E-state index contributed by atoms with van der Waals surface area (Å²) in [6.45, 7) is 9.97. The Balaban J connectivity index is 4.49. The summed E-state index contributed by atoms with van der Waals surface area (Å²) in [7, 11) is 0. The van der Waals surface area contributed by atoms with Crippen molar-refractivity contribution in [3.63, 3.8) is 0 Å². The van der Waals surface area contributed by atoms with Crippen molar-refractivity contribution in [3.8, 4) is 0 Å². The van der Waals surface area contributed by atoms with Gasteiger partial charge in [-0.2, -0.15) is 0 Å². The van der Waals surface area contributed by atoms with Gasteiger partial charge in [-0.15, -0.1) is 0 Å². The molecule has 1 unspecified atom stereocenters. The predicted octanol–water partition coefficient (Wildman–Crippen LogP) is 2.28. The van der Waals surface area contributed by atoms with Gasteiger partial charge in [-0.3, -0.25) is 0 Å². The van der Waals surface area contributed by atoms with Crippen molar-refractivity contribution in [1.82, 2.24) is 0 Å². The van der Waals surface area contributed by atoms with Crippen LogP contribution >= 0.6 is 0 Å². The van der Waals surface area contributed by atoms with Gasteiger partial charge in [0.15, 0.2) is 0 Å². The SMILES string of the molecule is C=C(CC)/C(=C\CO)C(O)CC(C)C. The summed E-state index contributed by atoms with van der Waals surface area (Å²) in [4.78, 5) is 0. The van der Waals surface area contributed by atoms with Gasteiger partial charge in [0, 0.05) is 0 Å². The molecule has 0 bridgehead atoms. The molecule has 0 saturated carbocycles. The van der Waals surface area contributed by atoms with Gasteiger partial charge in [0.2, 0.25) is 0 Å². The fourth-order valence-electron chi connectivity index (χ4n) is 1.39. The minimum absolute atomic E-state index is 0.0382. The fourth-order valence-corrected chi connectivity index (χ4v) is 1.39. The second-order valence-corrected chi connectivity index (χ2v) is 3.94. The molecule has 82 valence electrons. The van der Waals surface area contributed by atoms with E-state index in [0.29, 0.717) is 12.3 Å². The van der Waals surface area contributed by atoms with E-state index < -0.39 is 6.10 Å². The fraction of sp³-hybridized carbons (Fsp3) is 0.667. The van der Waals surface area contributed by atoms with E-state index in [1.165, 1.54) is 0 Å². The van der Waals surface area contributed by atoms with E-state index in [2.05, 4.69) is 20.4 Å². The van der Waals surface area contributed by atoms with Crippen LogP contribution in [0.2, 0.25) is 0 Å². The number of aliphatic hydroxyl groups is 2. The maximum absolute atomic E-state index is 9.87. The van der Waals surface area contributed by atoms with Gasteiger partial charge in [0.25, 0.3) is 0 Å². The van der Waals surface area contributed by atoms with Crippen LogP contribution in [0.5, 0.6) is 0 Å². The number of hydrogen-bond donors (Lipinski definition) is 2. The second-order valence-electron chi connectivity index (χ2n) is 3.94. The average molecular weight is 198 g/mol. The van der Waals surface area contributed by atoms with Crippen LogP contribution in [-0.4, -0.2) is 22.9 Å². The summed E-state index contributed by atoms with van der Waals surface area (Å²) in [6, 6.07) is 0. The molecule has 2 heteroatoms. The number of rotatable bonds is 6. The van der Waals surface area contributed by atoms with E-state index in [-0.39, 0.29) is 6.61 Å². The van der Waals surface area contributed by atoms with Crippen molar-refractivity contribution >= 4 is 0 Å². The Morgan fingerprint density at radius 3 is 2.36 bits per heavy atom. The molecule has 0 aromatic heterocycles. The molecule has 0 aliphatic carbocycles. The summed E-state index contributed by atoms with van der Waals surface area (Å²) in [5, 5.41) is 18.7. The summed E-state index contributed by atoms with van der Waals surface area (Å²) in [6.07, 6.45) is 2.68. The molecule has 0 aromatic carbocycles. The molecule has 0 heterocycles. The van der Waals surface area contributed by atoms with Gasteiger partial charge in [0.05, 0.1) is 12.7 Å². The first-order valence-corrected chi connectivity index (χ1v) is 5.20. The zero-order chi connectivity index (χ0) is 11.1. The van der Waals surface area contributed by atoms with Crippen molar-refractivity contribution in [2.75, 3.05) is 6.61 Å². The molecule has 0 amide bonds. The molecule has 2 N–H and O–H groups in total. The van der Waals surface area contributed by atoms with Crippen LogP contribution in [-0.2, 0) is 0 Å². The first-order chi connectivity index (χ1) is 6.52. The molecule has 0 fully saturated rings. The van der Waals surface area contributed by atoms with E-state index in [4.69, 9.17) is 5.11 Å². The van der Waals surface area contributed by atoms with Gasteiger partial charge in [-0.05, 0) is 29.9 Å². The van der Waals surface area contributed by atoms with E-state index in [9.17, 15) is 5.11 Å². The highest BCUT2D eigenvalue weighted by atomic mass is 16.3. The van der Waals surface area contributed by atoms with E-state index in [0.717, 1.165) is 17.6 Å². The number of hydrogen-bond acceptors (Lipinski definition) is 2. The summed E-state index contributed by atoms with van der Waals surface area (Å²) < 4.78 is 0. The van der Waals surface area contributed by atoms with Crippen molar-refractivity contribution in [2.45, 2.75) is 39.7 Å². The lowest BCUT2D eigenvalue weighted by atomic mass is 9.93. The third-order valence-electron chi connectivity index (χ3n) is 2.20. The van der Waals surface area contributed by atoms with Crippen molar-refractivity contribution in [2.24, 2.45) is 5.92 Å². The molecule has 0 saturated heterocycles. The molecule has 0 aliphatic heterocycles. The quantitative estimate of drug-likeness (QED) is 0.643. The van der Waals surface area contributed by atoms with E-state index in [1.807, 2.05) is 6.92 Å². The van der Waals surface area contributed by atoms with Crippen LogP contribution in [0.15, 0.2) is 23.8 Å². The van der Waals surface area contributed by atoms with E-state index >= 15 is 0 Å². The summed E-state index contributed by atoms with van der Waals surface area (Å²) in [5.74, 6) is 0.441. The smallest absolute Gasteiger partial charge is 0.0792 e. The average Bonchev–Trinajstić information content (AvgIpc) is 2.11. The lowest BCUT2D eigenvalue weighted by Crippen LogP contribution is -2.15. The van der Waals surface area contributed by atoms with E-state index in [1.54, 1.807) is 6.08 Å². The Bertz CT molecular complexity index is 204. The standard InChI is InChI=1S/C12H22O2/c1-5-10(4)11(6-7-13)12(14)8-9(2)3/h6,9,12-14H,4-5,7-8H2,1-3H3/b11-6+. The molecule has 0 spiro atoms. The Morgan fingerprint density at radius 2 is 2.00 bits per heavy atom. The van der Waals surface area contributed by atoms with Crippen LogP contribution in [0.3, 0.4) is 0 Å². The minimum atomic E-state index is -0.491. The van der Waals surface area contributed by atoms with Crippen LogP contribution in [0.4, 0.5) is 0 Å². The maximum Gasteiger partial charge on any atom is 0.0792 e. The molecular weight excluding hydrogens is 176 g/mol. The molecule has 0 rings (SSSR count). The van der Waals surface area contributed by atoms with Gasteiger partial charge in [-0.25, -0.2) is 0 Å². The second kappa shape index (κ2) is 6.80. The van der Waals surface area contributed by atoms with Crippen LogP contribution < -0.4 is 0 Å². The zero-order valence-electron chi connectivity index (χ0n) is 9.45. The van der Waals surface area contributed by atoms with Gasteiger partial charge in [0.1, 0.15) is 0 Å². The molecule has 2 nitrogen and oxygen atoms in total. The lowest BCUT2D eigenvalue weighted by molar-refractivity contribution is 0.183. The highest BCUT2D eigenvalue weighted by Gasteiger charge is 2.13. The zero-order valence-corrected chi connectivity index (χ0v) is 9.45. The van der Waals surface area contributed by atoms with Crippen molar-refractivity contribution in [3.05, 3.63) is 23.8 Å². The highest BCUT2D eigenvalue weighted by Crippen LogP contribution is 2.20. The molecule has 14 heavy (non-hydrogen) atoms. The Hall–Kier alpha value is -0.600. The molecular formula is C12H22O2. The lowest BCUT2D eigenvalue weighted by Gasteiger charge is -2.18. The Morgan fingerprint density at radius 1 is 1.43 bits per heavy atom. The van der Waals surface area contributed by atoms with Crippen LogP contribution in [0.1, 0.15) is 33.6 Å². The van der Waals surface area contributed by atoms with Crippen LogP contribution in [0, 0.1) is 5.92 Å². The first-order valence-electron chi connectivity index (χ1n) is 5.20. The molecule has 0 aliphatic rings. The van der Waals surface area contributed by atoms with Crippen molar-refractivity contribution < 1.29 is 10.2 Å². The van der Waals surface area contributed by atoms with Gasteiger partial charge < -0.3 is 10.2 Å². The largest absolute Gasteiger partial charge is 0.392 e. The predicted molar refractivity (Wildman–Crippen MR) is 60.1 cm³/mol. The highest BCUT2D eigenvalue weighted by molar-refractivity contribution is 5.31. The number of aliphatic hydroxyl groups excluding tert-OH is 2. The van der Waals surface area contributed by atoms with Gasteiger partial charge >= 0.3 is 0 Å². The third kappa shape index (κ3) is 4.58. The summed E-state index contributed by atoms with van der Waals surface area (Å²) in [5.41, 5.74) is 1.70. The van der Waals surface area contributed by atoms with Gasteiger partial charge in [-0.1, -0.05) is 33.4 Å². The maximum atomic E-state index is 9.87.